The number of ether oxygens (including phenoxy) is 1. The fourth-order valence-corrected chi connectivity index (χ4v) is 2.26. The van der Waals surface area contributed by atoms with E-state index < -0.39 is 0 Å². The molecule has 21 heavy (non-hydrogen) atoms. The summed E-state index contributed by atoms with van der Waals surface area (Å²) in [5.41, 5.74) is 3.55. The molecule has 0 aliphatic carbocycles. The summed E-state index contributed by atoms with van der Waals surface area (Å²) in [5.74, 6) is 0.834. The van der Waals surface area contributed by atoms with Gasteiger partial charge in [0.1, 0.15) is 5.75 Å². The smallest absolute Gasteiger partial charge is 0.118 e. The molecule has 0 spiro atoms. The zero-order valence-corrected chi connectivity index (χ0v) is 12.3. The van der Waals surface area contributed by atoms with Gasteiger partial charge in [-0.1, -0.05) is 36.4 Å². The topological polar surface area (TPSA) is 49.7 Å². The molecule has 3 nitrogen and oxygen atoms in total. The molecular weight excluding hydrogens is 264 g/mol. The molecule has 0 radical (unpaired) electrons. The van der Waals surface area contributed by atoms with Crippen LogP contribution in [0.4, 0.5) is 0 Å². The van der Waals surface area contributed by atoms with Gasteiger partial charge in [-0.25, -0.2) is 0 Å². The average molecular weight is 286 g/mol. The van der Waals surface area contributed by atoms with Crippen LogP contribution in [0, 0.1) is 5.92 Å². The van der Waals surface area contributed by atoms with E-state index in [1.165, 1.54) is 11.1 Å². The summed E-state index contributed by atoms with van der Waals surface area (Å²) in [6.07, 6.45) is 1.67. The summed E-state index contributed by atoms with van der Waals surface area (Å²) in [7, 11) is 1.66. The highest BCUT2D eigenvalue weighted by Crippen LogP contribution is 2.23. The minimum absolute atomic E-state index is 0.0220. The molecule has 0 saturated carbocycles. The van der Waals surface area contributed by atoms with Crippen LogP contribution in [-0.2, 0) is 6.42 Å². The van der Waals surface area contributed by atoms with Gasteiger partial charge in [-0.15, -0.1) is 0 Å². The van der Waals surface area contributed by atoms with Crippen LogP contribution >= 0.6 is 0 Å². The summed E-state index contributed by atoms with van der Waals surface area (Å²) >= 11 is 0. The van der Waals surface area contributed by atoms with Crippen molar-refractivity contribution in [2.75, 3.05) is 20.3 Å². The molecule has 0 atom stereocenters. The number of aliphatic hydroxyl groups excluding tert-OH is 2. The van der Waals surface area contributed by atoms with Crippen LogP contribution < -0.4 is 4.74 Å². The second-order valence-electron chi connectivity index (χ2n) is 5.20. The van der Waals surface area contributed by atoms with Crippen molar-refractivity contribution in [3.05, 3.63) is 54.1 Å². The Morgan fingerprint density at radius 1 is 0.857 bits per heavy atom. The monoisotopic (exact) mass is 286 g/mol. The van der Waals surface area contributed by atoms with E-state index in [9.17, 15) is 0 Å². The van der Waals surface area contributed by atoms with Crippen molar-refractivity contribution >= 4 is 0 Å². The number of rotatable bonds is 7. The summed E-state index contributed by atoms with van der Waals surface area (Å²) in [6, 6.07) is 16.4. The first kappa shape index (κ1) is 15.5. The standard InChI is InChI=1S/C18H22O3/c1-21-18-10-8-17(9-11-18)16-6-4-14(5-7-16)2-3-15(12-19)13-20/h4-11,15,19-20H,2-3,12-13H2,1H3. The molecule has 0 heterocycles. The summed E-state index contributed by atoms with van der Waals surface area (Å²) in [4.78, 5) is 0. The van der Waals surface area contributed by atoms with E-state index in [-0.39, 0.29) is 19.1 Å². The molecule has 0 fully saturated rings. The number of aliphatic hydroxyl groups is 2. The number of methoxy groups -OCH3 is 1. The molecule has 112 valence electrons. The van der Waals surface area contributed by atoms with Crippen molar-refractivity contribution in [2.24, 2.45) is 5.92 Å². The van der Waals surface area contributed by atoms with Crippen molar-refractivity contribution < 1.29 is 14.9 Å². The Balaban J connectivity index is 2.00. The van der Waals surface area contributed by atoms with Gasteiger partial charge in [0.15, 0.2) is 0 Å². The van der Waals surface area contributed by atoms with Gasteiger partial charge in [-0.05, 0) is 41.7 Å². The highest BCUT2D eigenvalue weighted by Gasteiger charge is 2.06. The van der Waals surface area contributed by atoms with Gasteiger partial charge in [0.25, 0.3) is 0 Å². The van der Waals surface area contributed by atoms with Gasteiger partial charge in [0, 0.05) is 19.1 Å². The van der Waals surface area contributed by atoms with E-state index in [0.717, 1.165) is 24.2 Å². The van der Waals surface area contributed by atoms with Gasteiger partial charge in [0.05, 0.1) is 7.11 Å². The molecule has 2 rings (SSSR count). The molecule has 0 aliphatic rings. The quantitative estimate of drug-likeness (QED) is 0.823. The van der Waals surface area contributed by atoms with Gasteiger partial charge in [-0.2, -0.15) is 0 Å². The first-order valence-electron chi connectivity index (χ1n) is 7.22. The van der Waals surface area contributed by atoms with Crippen molar-refractivity contribution in [1.82, 2.24) is 0 Å². The van der Waals surface area contributed by atoms with E-state index in [0.29, 0.717) is 0 Å². The number of hydrogen-bond acceptors (Lipinski definition) is 3. The molecule has 2 N–H and O–H groups in total. The van der Waals surface area contributed by atoms with Crippen LogP contribution in [0.25, 0.3) is 11.1 Å². The van der Waals surface area contributed by atoms with Crippen LogP contribution in [0.15, 0.2) is 48.5 Å². The second kappa shape index (κ2) is 7.81. The fraction of sp³-hybridized carbons (Fsp3) is 0.333. The lowest BCUT2D eigenvalue weighted by atomic mass is 9.98. The van der Waals surface area contributed by atoms with Crippen LogP contribution in [0.5, 0.6) is 5.75 Å². The van der Waals surface area contributed by atoms with E-state index in [1.54, 1.807) is 7.11 Å². The first-order valence-corrected chi connectivity index (χ1v) is 7.22. The largest absolute Gasteiger partial charge is 0.497 e. The third-order valence-corrected chi connectivity index (χ3v) is 3.73. The molecule has 2 aromatic rings. The lowest BCUT2D eigenvalue weighted by Crippen LogP contribution is -2.11. The predicted octanol–water partition coefficient (Wildman–Crippen LogP) is 2.90. The van der Waals surface area contributed by atoms with E-state index in [1.807, 2.05) is 24.3 Å². The molecule has 2 aromatic carbocycles. The van der Waals surface area contributed by atoms with Crippen molar-refractivity contribution in [3.63, 3.8) is 0 Å². The molecule has 0 amide bonds. The maximum Gasteiger partial charge on any atom is 0.118 e. The van der Waals surface area contributed by atoms with Crippen molar-refractivity contribution in [2.45, 2.75) is 12.8 Å². The van der Waals surface area contributed by atoms with Gasteiger partial charge < -0.3 is 14.9 Å². The third kappa shape index (κ3) is 4.31. The zero-order valence-electron chi connectivity index (χ0n) is 12.3. The predicted molar refractivity (Wildman–Crippen MR) is 84.4 cm³/mol. The number of benzene rings is 2. The Kier molecular flexibility index (Phi) is 5.78. The molecule has 3 heteroatoms. The van der Waals surface area contributed by atoms with Crippen LogP contribution in [0.1, 0.15) is 12.0 Å². The maximum atomic E-state index is 9.07. The summed E-state index contributed by atoms with van der Waals surface area (Å²) < 4.78 is 5.16. The van der Waals surface area contributed by atoms with Crippen molar-refractivity contribution in [3.8, 4) is 16.9 Å². The van der Waals surface area contributed by atoms with Gasteiger partial charge in [0.2, 0.25) is 0 Å². The number of hydrogen-bond donors (Lipinski definition) is 2. The Labute approximate surface area is 125 Å². The fourth-order valence-electron chi connectivity index (χ4n) is 2.26. The van der Waals surface area contributed by atoms with Crippen LogP contribution in [0.3, 0.4) is 0 Å². The Bertz CT molecular complexity index is 527. The maximum absolute atomic E-state index is 9.07. The summed E-state index contributed by atoms with van der Waals surface area (Å²) in [5, 5.41) is 18.1. The number of aryl methyl sites for hydroxylation is 1. The summed E-state index contributed by atoms with van der Waals surface area (Å²) in [6.45, 7) is 0.0842. The third-order valence-electron chi connectivity index (χ3n) is 3.73. The van der Waals surface area contributed by atoms with E-state index >= 15 is 0 Å². The minimum atomic E-state index is -0.0220. The lowest BCUT2D eigenvalue weighted by Gasteiger charge is -2.10. The first-order chi connectivity index (χ1) is 10.3. The van der Waals surface area contributed by atoms with Gasteiger partial charge in [-0.3, -0.25) is 0 Å². The molecule has 0 unspecified atom stereocenters. The average Bonchev–Trinajstić information content (AvgIpc) is 2.56. The lowest BCUT2D eigenvalue weighted by molar-refractivity contribution is 0.144. The van der Waals surface area contributed by atoms with Crippen LogP contribution in [-0.4, -0.2) is 30.5 Å². The second-order valence-corrected chi connectivity index (χ2v) is 5.20. The van der Waals surface area contributed by atoms with Crippen LogP contribution in [0.2, 0.25) is 0 Å². The Morgan fingerprint density at radius 3 is 1.86 bits per heavy atom. The zero-order chi connectivity index (χ0) is 15.1. The van der Waals surface area contributed by atoms with E-state index in [4.69, 9.17) is 14.9 Å². The highest BCUT2D eigenvalue weighted by molar-refractivity contribution is 5.64. The SMILES string of the molecule is COc1ccc(-c2ccc(CCC(CO)CO)cc2)cc1. The molecule has 0 saturated heterocycles. The molecule has 0 aliphatic heterocycles. The van der Waals surface area contributed by atoms with Gasteiger partial charge >= 0.3 is 0 Å². The van der Waals surface area contributed by atoms with E-state index in [2.05, 4.69) is 24.3 Å². The Hall–Kier alpha value is -1.84. The Morgan fingerprint density at radius 2 is 1.38 bits per heavy atom. The normalized spacial score (nSPS) is 10.9. The van der Waals surface area contributed by atoms with Crippen molar-refractivity contribution in [1.29, 1.82) is 0 Å². The minimum Gasteiger partial charge on any atom is -0.497 e. The molecular formula is C18H22O3. The highest BCUT2D eigenvalue weighted by atomic mass is 16.5. The molecule has 0 bridgehead atoms. The molecule has 0 aromatic heterocycles.